The molecule has 0 heterocycles. The van der Waals surface area contributed by atoms with E-state index in [2.05, 4.69) is 28.6 Å². The Hall–Kier alpha value is -3.32. The quantitative estimate of drug-likeness (QED) is 0.154. The molecule has 0 aliphatic heterocycles. The van der Waals surface area contributed by atoms with Gasteiger partial charge in [-0.2, -0.15) is 12.6 Å². The molecule has 0 saturated heterocycles. The van der Waals surface area contributed by atoms with Gasteiger partial charge in [0.25, 0.3) is 0 Å². The van der Waals surface area contributed by atoms with Crippen molar-refractivity contribution in [3.63, 3.8) is 0 Å². The molecule has 4 atom stereocenters. The van der Waals surface area contributed by atoms with Crippen LogP contribution in [0.15, 0.2) is 24.3 Å². The van der Waals surface area contributed by atoms with Gasteiger partial charge in [0.1, 0.15) is 23.9 Å². The van der Waals surface area contributed by atoms with Gasteiger partial charge in [-0.05, 0) is 23.6 Å². The average molecular weight is 499 g/mol. The molecule has 8 N–H and O–H groups in total. The number of nitrogens with two attached hydrogens (primary N) is 1. The van der Waals surface area contributed by atoms with Crippen LogP contribution in [0.25, 0.3) is 0 Å². The monoisotopic (exact) mass is 498 g/mol. The number of aliphatic carboxylic acids is 2. The van der Waals surface area contributed by atoms with E-state index in [1.54, 1.807) is 13.8 Å². The third kappa shape index (κ3) is 9.27. The van der Waals surface area contributed by atoms with Gasteiger partial charge in [-0.3, -0.25) is 19.2 Å². The second-order valence-corrected chi connectivity index (χ2v) is 8.31. The summed E-state index contributed by atoms with van der Waals surface area (Å²) < 4.78 is 0. The van der Waals surface area contributed by atoms with Gasteiger partial charge in [0.2, 0.25) is 17.7 Å². The Kier molecular flexibility index (Phi) is 11.3. The van der Waals surface area contributed by atoms with Crippen molar-refractivity contribution < 1.29 is 39.3 Å². The van der Waals surface area contributed by atoms with Crippen molar-refractivity contribution in [2.75, 3.05) is 5.75 Å². The number of carbonyl (C=O) groups is 5. The molecule has 1 aromatic rings. The number of carboxylic acid groups (broad SMARTS) is 2. The van der Waals surface area contributed by atoms with Gasteiger partial charge in [0.15, 0.2) is 0 Å². The van der Waals surface area contributed by atoms with Crippen molar-refractivity contribution in [3.8, 4) is 5.75 Å². The van der Waals surface area contributed by atoms with E-state index in [1.807, 2.05) is 0 Å². The number of hydrogen-bond donors (Lipinski definition) is 8. The number of carbonyl (C=O) groups excluding carboxylic acids is 3. The Labute approximate surface area is 201 Å². The van der Waals surface area contributed by atoms with Gasteiger partial charge < -0.3 is 37.0 Å². The van der Waals surface area contributed by atoms with Crippen LogP contribution < -0.4 is 21.7 Å². The van der Waals surface area contributed by atoms with Gasteiger partial charge in [0, 0.05) is 12.2 Å². The van der Waals surface area contributed by atoms with Crippen LogP contribution in [0.2, 0.25) is 0 Å². The molecular weight excluding hydrogens is 468 g/mol. The van der Waals surface area contributed by atoms with E-state index in [9.17, 15) is 29.1 Å². The van der Waals surface area contributed by atoms with Crippen molar-refractivity contribution in [1.29, 1.82) is 0 Å². The number of phenols is 1. The van der Waals surface area contributed by atoms with E-state index in [0.717, 1.165) is 0 Å². The summed E-state index contributed by atoms with van der Waals surface area (Å²) in [6.45, 7) is 3.43. The highest BCUT2D eigenvalue weighted by Crippen LogP contribution is 2.12. The van der Waals surface area contributed by atoms with Crippen molar-refractivity contribution in [2.24, 2.45) is 11.7 Å². The molecule has 0 bridgehead atoms. The van der Waals surface area contributed by atoms with Crippen molar-refractivity contribution >= 4 is 42.3 Å². The Morgan fingerprint density at radius 3 is 1.85 bits per heavy atom. The maximum Gasteiger partial charge on any atom is 0.327 e. The highest BCUT2D eigenvalue weighted by atomic mass is 32.1. The van der Waals surface area contributed by atoms with Crippen LogP contribution in [0, 0.1) is 5.92 Å². The normalized spacial score (nSPS) is 14.4. The SMILES string of the molecule is CC(C)C(N)C(=O)NC(Cc1ccc(O)cc1)C(=O)NC(CC(=O)O)C(=O)NC(CS)C(=O)O. The molecular formula is C21H30N4O8S. The van der Waals surface area contributed by atoms with Crippen LogP contribution in [0.1, 0.15) is 25.8 Å². The maximum absolute atomic E-state index is 13.0. The van der Waals surface area contributed by atoms with Crippen LogP contribution in [0.3, 0.4) is 0 Å². The lowest BCUT2D eigenvalue weighted by molar-refractivity contribution is -0.143. The number of rotatable bonds is 13. The molecule has 0 aliphatic carbocycles. The zero-order chi connectivity index (χ0) is 26.0. The first kappa shape index (κ1) is 28.7. The standard InChI is InChI=1S/C21H30N4O8S/c1-10(2)17(22)20(31)24-13(7-11-3-5-12(26)6-4-11)18(29)23-14(8-16(27)28)19(30)25-15(9-34)21(32)33/h3-6,10,13-15,17,26,34H,7-9,22H2,1-2H3,(H,23,29)(H,24,31)(H,25,30)(H,27,28)(H,32,33). The summed E-state index contributed by atoms with van der Waals surface area (Å²) in [7, 11) is 0. The number of nitrogens with one attached hydrogen (secondary N) is 3. The fourth-order valence-electron chi connectivity index (χ4n) is 2.76. The smallest absolute Gasteiger partial charge is 0.327 e. The minimum Gasteiger partial charge on any atom is -0.508 e. The first-order valence-corrected chi connectivity index (χ1v) is 11.0. The maximum atomic E-state index is 13.0. The number of hydrogen-bond acceptors (Lipinski definition) is 8. The predicted octanol–water partition coefficient (Wildman–Crippen LogP) is -1.14. The van der Waals surface area contributed by atoms with Crippen LogP contribution in [0.4, 0.5) is 0 Å². The van der Waals surface area contributed by atoms with E-state index >= 15 is 0 Å². The highest BCUT2D eigenvalue weighted by Gasteiger charge is 2.31. The second-order valence-electron chi connectivity index (χ2n) is 7.94. The number of aromatic hydroxyl groups is 1. The molecule has 0 fully saturated rings. The third-order valence-corrected chi connectivity index (χ3v) is 5.20. The summed E-state index contributed by atoms with van der Waals surface area (Å²) in [5, 5.41) is 34.6. The van der Waals surface area contributed by atoms with Crippen molar-refractivity contribution in [2.45, 2.75) is 50.9 Å². The molecule has 0 aliphatic rings. The number of amides is 3. The van der Waals surface area contributed by atoms with Gasteiger partial charge >= 0.3 is 11.9 Å². The number of thiol groups is 1. The van der Waals surface area contributed by atoms with Crippen LogP contribution in [0.5, 0.6) is 5.75 Å². The van der Waals surface area contributed by atoms with Crippen LogP contribution in [-0.2, 0) is 30.4 Å². The minimum absolute atomic E-state index is 0.00835. The number of phenolic OH excluding ortho intramolecular Hbond substituents is 1. The van der Waals surface area contributed by atoms with Gasteiger partial charge in [-0.15, -0.1) is 0 Å². The van der Waals surface area contributed by atoms with Gasteiger partial charge in [-0.1, -0.05) is 26.0 Å². The summed E-state index contributed by atoms with van der Waals surface area (Å²) in [6, 6.07) is 0.619. The Morgan fingerprint density at radius 2 is 1.38 bits per heavy atom. The molecule has 4 unspecified atom stereocenters. The minimum atomic E-state index is -1.62. The highest BCUT2D eigenvalue weighted by molar-refractivity contribution is 7.80. The summed E-state index contributed by atoms with van der Waals surface area (Å²) in [4.78, 5) is 60.4. The van der Waals surface area contributed by atoms with E-state index in [-0.39, 0.29) is 23.8 Å². The third-order valence-electron chi connectivity index (χ3n) is 4.84. The lowest BCUT2D eigenvalue weighted by Gasteiger charge is -2.25. The summed E-state index contributed by atoms with van der Waals surface area (Å²) >= 11 is 3.83. The molecule has 1 rings (SSSR count). The van der Waals surface area contributed by atoms with Crippen LogP contribution >= 0.6 is 12.6 Å². The molecule has 34 heavy (non-hydrogen) atoms. The second kappa shape index (κ2) is 13.4. The summed E-state index contributed by atoms with van der Waals surface area (Å²) in [5.41, 5.74) is 6.41. The zero-order valence-corrected chi connectivity index (χ0v) is 19.6. The van der Waals surface area contributed by atoms with E-state index < -0.39 is 60.2 Å². The average Bonchev–Trinajstić information content (AvgIpc) is 2.76. The summed E-state index contributed by atoms with van der Waals surface area (Å²) in [6.07, 6.45) is -0.889. The Bertz CT molecular complexity index is 893. The lowest BCUT2D eigenvalue weighted by Crippen LogP contribution is -2.58. The molecule has 12 nitrogen and oxygen atoms in total. The van der Waals surface area contributed by atoms with E-state index in [0.29, 0.717) is 5.56 Å². The summed E-state index contributed by atoms with van der Waals surface area (Å²) in [5.74, 6) is -5.86. The topological polar surface area (TPSA) is 208 Å². The predicted molar refractivity (Wildman–Crippen MR) is 124 cm³/mol. The van der Waals surface area contributed by atoms with Crippen molar-refractivity contribution in [3.05, 3.63) is 29.8 Å². The van der Waals surface area contributed by atoms with E-state index in [1.165, 1.54) is 24.3 Å². The molecule has 3 amide bonds. The largest absolute Gasteiger partial charge is 0.508 e. The number of carboxylic acids is 2. The zero-order valence-electron chi connectivity index (χ0n) is 18.7. The Morgan fingerprint density at radius 1 is 0.882 bits per heavy atom. The molecule has 0 radical (unpaired) electrons. The fourth-order valence-corrected chi connectivity index (χ4v) is 3.01. The fraction of sp³-hybridized carbons (Fsp3) is 0.476. The first-order chi connectivity index (χ1) is 15.8. The molecule has 1 aromatic carbocycles. The molecule has 0 saturated carbocycles. The number of benzene rings is 1. The molecule has 0 spiro atoms. The van der Waals surface area contributed by atoms with Gasteiger partial charge in [0.05, 0.1) is 12.5 Å². The molecule has 188 valence electrons. The lowest BCUT2D eigenvalue weighted by atomic mass is 10.0. The van der Waals surface area contributed by atoms with Crippen LogP contribution in [-0.4, -0.2) is 74.9 Å². The van der Waals surface area contributed by atoms with E-state index in [4.69, 9.17) is 15.9 Å². The Balaban J connectivity index is 3.13. The molecule has 0 aromatic heterocycles. The first-order valence-electron chi connectivity index (χ1n) is 10.4. The van der Waals surface area contributed by atoms with Gasteiger partial charge in [-0.25, -0.2) is 4.79 Å². The molecule has 13 heteroatoms. The van der Waals surface area contributed by atoms with Crippen molar-refractivity contribution in [1.82, 2.24) is 16.0 Å².